The maximum atomic E-state index is 4.69. The SMILES string of the molecule is CCNC(=NCc1cnn(C)c1)NC(C)c1cccc(N2CCCC2)c1.I. The van der Waals surface area contributed by atoms with Gasteiger partial charge in [-0.05, 0) is 44.4 Å². The van der Waals surface area contributed by atoms with E-state index in [-0.39, 0.29) is 30.0 Å². The number of halogens is 1. The van der Waals surface area contributed by atoms with Crippen molar-refractivity contribution in [3.05, 3.63) is 47.8 Å². The molecular formula is C20H31IN6. The smallest absolute Gasteiger partial charge is 0.192 e. The molecule has 1 aliphatic heterocycles. The number of aromatic nitrogens is 2. The summed E-state index contributed by atoms with van der Waals surface area (Å²) in [6, 6.07) is 9.03. The van der Waals surface area contributed by atoms with Crippen molar-refractivity contribution in [2.45, 2.75) is 39.3 Å². The van der Waals surface area contributed by atoms with E-state index in [4.69, 9.17) is 4.99 Å². The summed E-state index contributed by atoms with van der Waals surface area (Å²) in [6.45, 7) is 8.05. The summed E-state index contributed by atoms with van der Waals surface area (Å²) in [5.74, 6) is 0.829. The first-order valence-corrected chi connectivity index (χ1v) is 9.53. The molecule has 0 spiro atoms. The molecule has 1 unspecified atom stereocenters. The Morgan fingerprint density at radius 3 is 2.74 bits per heavy atom. The van der Waals surface area contributed by atoms with E-state index in [2.05, 4.69) is 58.7 Å². The maximum Gasteiger partial charge on any atom is 0.192 e. The Balaban J connectivity index is 0.00000261. The summed E-state index contributed by atoms with van der Waals surface area (Å²) in [4.78, 5) is 7.16. The van der Waals surface area contributed by atoms with Crippen molar-refractivity contribution < 1.29 is 0 Å². The van der Waals surface area contributed by atoms with E-state index in [1.807, 2.05) is 19.4 Å². The van der Waals surface area contributed by atoms with Crippen molar-refractivity contribution in [1.29, 1.82) is 0 Å². The monoisotopic (exact) mass is 482 g/mol. The first-order chi connectivity index (χ1) is 12.7. The average Bonchev–Trinajstić information content (AvgIpc) is 3.32. The molecule has 1 aromatic carbocycles. The first-order valence-electron chi connectivity index (χ1n) is 9.53. The zero-order valence-corrected chi connectivity index (χ0v) is 18.8. The summed E-state index contributed by atoms with van der Waals surface area (Å²) in [6.07, 6.45) is 6.44. The Bertz CT molecular complexity index is 736. The average molecular weight is 482 g/mol. The van der Waals surface area contributed by atoms with Crippen molar-refractivity contribution in [2.24, 2.45) is 12.0 Å². The fourth-order valence-electron chi connectivity index (χ4n) is 3.30. The van der Waals surface area contributed by atoms with E-state index >= 15 is 0 Å². The lowest BCUT2D eigenvalue weighted by Gasteiger charge is -2.22. The molecule has 2 aromatic rings. The van der Waals surface area contributed by atoms with Crippen molar-refractivity contribution in [2.75, 3.05) is 24.5 Å². The lowest BCUT2D eigenvalue weighted by molar-refractivity contribution is 0.686. The largest absolute Gasteiger partial charge is 0.372 e. The standard InChI is InChI=1S/C20H30N6.HI/c1-4-21-20(22-13-17-14-23-25(3)15-17)24-16(2)18-8-7-9-19(12-18)26-10-5-6-11-26;/h7-9,12,14-16H,4-6,10-11,13H2,1-3H3,(H2,21,22,24);1H. The number of benzene rings is 1. The molecule has 1 fully saturated rings. The van der Waals surface area contributed by atoms with E-state index in [1.165, 1.54) is 37.2 Å². The van der Waals surface area contributed by atoms with Crippen LogP contribution in [0.2, 0.25) is 0 Å². The highest BCUT2D eigenvalue weighted by Gasteiger charge is 2.14. The number of anilines is 1. The maximum absolute atomic E-state index is 4.69. The summed E-state index contributed by atoms with van der Waals surface area (Å²) in [5.41, 5.74) is 3.71. The zero-order valence-electron chi connectivity index (χ0n) is 16.5. The quantitative estimate of drug-likeness (QED) is 0.376. The molecule has 148 valence electrons. The second-order valence-electron chi connectivity index (χ2n) is 6.87. The molecule has 7 heteroatoms. The molecule has 0 amide bonds. The topological polar surface area (TPSA) is 57.5 Å². The van der Waals surface area contributed by atoms with Gasteiger partial charge in [0, 0.05) is 44.1 Å². The molecule has 6 nitrogen and oxygen atoms in total. The van der Waals surface area contributed by atoms with Crippen LogP contribution in [-0.2, 0) is 13.6 Å². The second kappa shape index (κ2) is 10.5. The van der Waals surface area contributed by atoms with Gasteiger partial charge in [-0.15, -0.1) is 24.0 Å². The number of hydrogen-bond donors (Lipinski definition) is 2. The number of rotatable bonds is 6. The molecule has 2 heterocycles. The van der Waals surface area contributed by atoms with Gasteiger partial charge in [-0.1, -0.05) is 12.1 Å². The minimum Gasteiger partial charge on any atom is -0.372 e. The van der Waals surface area contributed by atoms with Crippen LogP contribution in [0.5, 0.6) is 0 Å². The van der Waals surface area contributed by atoms with Gasteiger partial charge in [0.2, 0.25) is 0 Å². The van der Waals surface area contributed by atoms with Gasteiger partial charge in [0.05, 0.1) is 18.8 Å². The number of nitrogens with one attached hydrogen (secondary N) is 2. The molecule has 0 radical (unpaired) electrons. The van der Waals surface area contributed by atoms with E-state index in [0.29, 0.717) is 6.54 Å². The summed E-state index contributed by atoms with van der Waals surface area (Å²) in [7, 11) is 1.92. The third-order valence-corrected chi connectivity index (χ3v) is 4.72. The fourth-order valence-corrected chi connectivity index (χ4v) is 3.30. The van der Waals surface area contributed by atoms with Gasteiger partial charge in [0.15, 0.2) is 5.96 Å². The van der Waals surface area contributed by atoms with Crippen LogP contribution in [0.3, 0.4) is 0 Å². The molecule has 2 N–H and O–H groups in total. The molecule has 0 bridgehead atoms. The molecule has 1 saturated heterocycles. The highest BCUT2D eigenvalue weighted by atomic mass is 127. The fraction of sp³-hybridized carbons (Fsp3) is 0.500. The first kappa shape index (κ1) is 21.5. The number of hydrogen-bond acceptors (Lipinski definition) is 3. The van der Waals surface area contributed by atoms with Crippen LogP contribution in [0, 0.1) is 0 Å². The number of aliphatic imine (C=N–C) groups is 1. The predicted octanol–water partition coefficient (Wildman–Crippen LogP) is 3.45. The van der Waals surface area contributed by atoms with Gasteiger partial charge >= 0.3 is 0 Å². The molecule has 1 aromatic heterocycles. The number of guanidine groups is 1. The predicted molar refractivity (Wildman–Crippen MR) is 123 cm³/mol. The van der Waals surface area contributed by atoms with Crippen LogP contribution in [0.1, 0.15) is 43.9 Å². The summed E-state index contributed by atoms with van der Waals surface area (Å²) in [5, 5.41) is 11.1. The minimum atomic E-state index is 0. The van der Waals surface area contributed by atoms with Gasteiger partial charge in [0.25, 0.3) is 0 Å². The Morgan fingerprint density at radius 1 is 1.30 bits per heavy atom. The van der Waals surface area contributed by atoms with Crippen molar-refractivity contribution in [3.63, 3.8) is 0 Å². The number of nitrogens with zero attached hydrogens (tertiary/aromatic N) is 4. The normalized spacial score (nSPS) is 15.4. The van der Waals surface area contributed by atoms with E-state index < -0.39 is 0 Å². The van der Waals surface area contributed by atoms with E-state index in [0.717, 1.165) is 18.1 Å². The van der Waals surface area contributed by atoms with Crippen molar-refractivity contribution in [1.82, 2.24) is 20.4 Å². The summed E-state index contributed by atoms with van der Waals surface area (Å²) >= 11 is 0. The van der Waals surface area contributed by atoms with Gasteiger partial charge in [-0.3, -0.25) is 4.68 Å². The minimum absolute atomic E-state index is 0. The van der Waals surface area contributed by atoms with Gasteiger partial charge in [0.1, 0.15) is 0 Å². The molecule has 0 aliphatic carbocycles. The molecule has 1 atom stereocenters. The van der Waals surface area contributed by atoms with Crippen molar-refractivity contribution in [3.8, 4) is 0 Å². The molecular weight excluding hydrogens is 451 g/mol. The van der Waals surface area contributed by atoms with Crippen LogP contribution in [0.25, 0.3) is 0 Å². The third kappa shape index (κ3) is 6.12. The van der Waals surface area contributed by atoms with Gasteiger partial charge in [-0.25, -0.2) is 4.99 Å². The van der Waals surface area contributed by atoms with Crippen LogP contribution < -0.4 is 15.5 Å². The third-order valence-electron chi connectivity index (χ3n) is 4.72. The van der Waals surface area contributed by atoms with E-state index in [9.17, 15) is 0 Å². The van der Waals surface area contributed by atoms with Crippen LogP contribution in [0.15, 0.2) is 41.7 Å². The Morgan fingerprint density at radius 2 is 2.07 bits per heavy atom. The van der Waals surface area contributed by atoms with Crippen LogP contribution >= 0.6 is 24.0 Å². The second-order valence-corrected chi connectivity index (χ2v) is 6.87. The Kier molecular flexibility index (Phi) is 8.40. The number of aryl methyl sites for hydroxylation is 1. The molecule has 1 aliphatic rings. The molecule has 3 rings (SSSR count). The van der Waals surface area contributed by atoms with Gasteiger partial charge in [-0.2, -0.15) is 5.10 Å². The lowest BCUT2D eigenvalue weighted by atomic mass is 10.1. The van der Waals surface area contributed by atoms with Crippen molar-refractivity contribution >= 4 is 35.6 Å². The highest BCUT2D eigenvalue weighted by molar-refractivity contribution is 14.0. The Labute approximate surface area is 179 Å². The van der Waals surface area contributed by atoms with E-state index in [1.54, 1.807) is 4.68 Å². The summed E-state index contributed by atoms with van der Waals surface area (Å²) < 4.78 is 1.80. The van der Waals surface area contributed by atoms with Gasteiger partial charge < -0.3 is 15.5 Å². The lowest BCUT2D eigenvalue weighted by Crippen LogP contribution is -2.38. The highest BCUT2D eigenvalue weighted by Crippen LogP contribution is 2.23. The molecule has 27 heavy (non-hydrogen) atoms. The molecule has 0 saturated carbocycles. The van der Waals surface area contributed by atoms with Crippen LogP contribution in [-0.4, -0.2) is 35.4 Å². The van der Waals surface area contributed by atoms with Crippen LogP contribution in [0.4, 0.5) is 5.69 Å². The zero-order chi connectivity index (χ0) is 18.4. The Hall–Kier alpha value is -1.77.